The van der Waals surface area contributed by atoms with Gasteiger partial charge < -0.3 is 9.15 Å². The zero-order valence-electron chi connectivity index (χ0n) is 21.0. The van der Waals surface area contributed by atoms with Gasteiger partial charge in [-0.15, -0.1) is 0 Å². The molecule has 3 aromatic carbocycles. The third-order valence-corrected chi connectivity index (χ3v) is 9.24. The Morgan fingerprint density at radius 1 is 0.974 bits per heavy atom. The van der Waals surface area contributed by atoms with Gasteiger partial charge in [0.15, 0.2) is 5.78 Å². The largest absolute Gasteiger partial charge is 0.488 e. The highest BCUT2D eigenvalue weighted by molar-refractivity contribution is 7.91. The zero-order valence-corrected chi connectivity index (χ0v) is 21.8. The number of ketones is 1. The van der Waals surface area contributed by atoms with Crippen LogP contribution in [0.4, 0.5) is 0 Å². The van der Waals surface area contributed by atoms with E-state index in [0.29, 0.717) is 52.4 Å². The van der Waals surface area contributed by atoms with Crippen LogP contribution in [0.5, 0.6) is 5.75 Å². The molecule has 0 bridgehead atoms. The summed E-state index contributed by atoms with van der Waals surface area (Å²) in [5.41, 5.74) is 3.53. The zero-order chi connectivity index (χ0) is 27.2. The summed E-state index contributed by atoms with van der Waals surface area (Å²) < 4.78 is 38.0. The van der Waals surface area contributed by atoms with E-state index in [0.717, 1.165) is 5.56 Å². The van der Waals surface area contributed by atoms with Crippen molar-refractivity contribution in [2.24, 2.45) is 0 Å². The fourth-order valence-electron chi connectivity index (χ4n) is 4.42. The van der Waals surface area contributed by atoms with E-state index in [4.69, 9.17) is 9.15 Å². The molecule has 4 aromatic rings. The van der Waals surface area contributed by atoms with Gasteiger partial charge in [-0.1, -0.05) is 42.5 Å². The molecule has 0 saturated heterocycles. The van der Waals surface area contributed by atoms with Crippen LogP contribution in [0.2, 0.25) is 0 Å². The number of nitrogens with zero attached hydrogens (tertiary/aromatic N) is 1. The Morgan fingerprint density at radius 3 is 2.49 bits per heavy atom. The monoisotopic (exact) mass is 540 g/mol. The maximum absolute atomic E-state index is 13.2. The summed E-state index contributed by atoms with van der Waals surface area (Å²) in [6.45, 7) is 1.67. The normalized spacial score (nSPS) is 16.8. The molecule has 1 aliphatic carbocycles. The van der Waals surface area contributed by atoms with Gasteiger partial charge in [0.1, 0.15) is 24.3 Å². The predicted molar refractivity (Wildman–Crippen MR) is 146 cm³/mol. The molecule has 1 fully saturated rings. The van der Waals surface area contributed by atoms with E-state index in [1.54, 1.807) is 55.5 Å². The molecule has 0 unspecified atom stereocenters. The molecule has 2 aliphatic rings. The Morgan fingerprint density at radius 2 is 1.72 bits per heavy atom. The number of Topliss-reactive ketones (excluding diaryl/α,β-unsaturated/α-hetero) is 1. The number of rotatable bonds is 6. The Balaban J connectivity index is 1.25. The van der Waals surface area contributed by atoms with Crippen LogP contribution in [-0.4, -0.2) is 36.4 Å². The SMILES string of the molecule is CC1(S(=O)(=O)NC(=O)c2ccccc2-c2ccc3c(c2)OC/C(=C\c2coc(-c4ccccc4)n2)C3=O)CC1. The second kappa shape index (κ2) is 9.36. The summed E-state index contributed by atoms with van der Waals surface area (Å²) >= 11 is 0. The average molecular weight is 541 g/mol. The Kier molecular flexibility index (Phi) is 5.95. The van der Waals surface area contributed by atoms with Crippen molar-refractivity contribution in [3.63, 3.8) is 0 Å². The van der Waals surface area contributed by atoms with Crippen LogP contribution in [0.15, 0.2) is 89.0 Å². The predicted octanol–water partition coefficient (Wildman–Crippen LogP) is 5.28. The van der Waals surface area contributed by atoms with E-state index >= 15 is 0 Å². The standard InChI is InChI=1S/C30H24N2O6S/c1-30(13-14-30)39(35,36)32-28(34)24-10-6-5-9-23(24)20-11-12-25-26(16-20)37-17-21(27(25)33)15-22-18-38-29(31-22)19-7-3-2-4-8-19/h2-12,15-16,18H,13-14,17H2,1H3,(H,32,34)/b21-15+. The number of oxazole rings is 1. The number of ether oxygens (including phenoxy) is 1. The molecule has 196 valence electrons. The van der Waals surface area contributed by atoms with Crippen molar-refractivity contribution in [3.05, 3.63) is 101 Å². The number of hydrogen-bond donors (Lipinski definition) is 1. The lowest BCUT2D eigenvalue weighted by molar-refractivity contribution is 0.0978. The van der Waals surface area contributed by atoms with Crippen LogP contribution >= 0.6 is 0 Å². The minimum absolute atomic E-state index is 0.0434. The van der Waals surface area contributed by atoms with Gasteiger partial charge in [0.2, 0.25) is 15.9 Å². The molecule has 39 heavy (non-hydrogen) atoms. The first-order valence-electron chi connectivity index (χ1n) is 12.4. The van der Waals surface area contributed by atoms with E-state index < -0.39 is 20.7 Å². The first kappa shape index (κ1) is 24.8. The Labute approximate surface area is 225 Å². The molecule has 1 amide bonds. The molecule has 6 rings (SSSR count). The number of nitrogens with one attached hydrogen (secondary N) is 1. The second-order valence-corrected chi connectivity index (χ2v) is 12.1. The van der Waals surface area contributed by atoms with Gasteiger partial charge in [-0.05, 0) is 67.3 Å². The van der Waals surface area contributed by atoms with Gasteiger partial charge in [0.05, 0.1) is 10.3 Å². The summed E-state index contributed by atoms with van der Waals surface area (Å²) in [6.07, 6.45) is 4.19. The number of amides is 1. The van der Waals surface area contributed by atoms with Gasteiger partial charge in [-0.3, -0.25) is 9.59 Å². The molecule has 1 N–H and O–H groups in total. The van der Waals surface area contributed by atoms with Crippen molar-refractivity contribution in [3.8, 4) is 28.3 Å². The van der Waals surface area contributed by atoms with Crippen LogP contribution in [-0.2, 0) is 10.0 Å². The Hall–Kier alpha value is -4.50. The summed E-state index contributed by atoms with van der Waals surface area (Å²) in [4.78, 5) is 30.7. The number of benzene rings is 3. The van der Waals surface area contributed by atoms with Gasteiger partial charge in [0, 0.05) is 16.7 Å². The van der Waals surface area contributed by atoms with Crippen LogP contribution < -0.4 is 9.46 Å². The molecule has 1 saturated carbocycles. The molecule has 8 nitrogen and oxygen atoms in total. The summed E-state index contributed by atoms with van der Waals surface area (Å²) in [5, 5.41) is 0. The van der Waals surface area contributed by atoms with Crippen LogP contribution in [0.3, 0.4) is 0 Å². The van der Waals surface area contributed by atoms with Crippen molar-refractivity contribution >= 4 is 27.8 Å². The first-order valence-corrected chi connectivity index (χ1v) is 13.9. The van der Waals surface area contributed by atoms with E-state index in [-0.39, 0.29) is 18.0 Å². The Bertz CT molecular complexity index is 1750. The van der Waals surface area contributed by atoms with Gasteiger partial charge >= 0.3 is 0 Å². The second-order valence-electron chi connectivity index (χ2n) is 9.87. The summed E-state index contributed by atoms with van der Waals surface area (Å²) in [7, 11) is -3.79. The molecule has 1 aromatic heterocycles. The number of carbonyl (C=O) groups is 2. The fourth-order valence-corrected chi connectivity index (χ4v) is 5.66. The lowest BCUT2D eigenvalue weighted by Crippen LogP contribution is -2.38. The van der Waals surface area contributed by atoms with Crippen molar-refractivity contribution in [1.82, 2.24) is 9.71 Å². The topological polar surface area (TPSA) is 116 Å². The fraction of sp³-hybridized carbons (Fsp3) is 0.167. The van der Waals surface area contributed by atoms with Gasteiger partial charge in [0.25, 0.3) is 5.91 Å². The third kappa shape index (κ3) is 4.66. The average Bonchev–Trinajstić information content (AvgIpc) is 3.55. The van der Waals surface area contributed by atoms with Crippen LogP contribution in [0.1, 0.15) is 46.2 Å². The summed E-state index contributed by atoms with van der Waals surface area (Å²) in [6, 6.07) is 21.3. The van der Waals surface area contributed by atoms with Gasteiger partial charge in [-0.2, -0.15) is 0 Å². The highest BCUT2D eigenvalue weighted by Gasteiger charge is 2.51. The van der Waals surface area contributed by atoms with E-state index in [2.05, 4.69) is 9.71 Å². The lowest BCUT2D eigenvalue weighted by atomic mass is 9.94. The number of sulfonamides is 1. The maximum atomic E-state index is 13.2. The number of aromatic nitrogens is 1. The minimum Gasteiger partial charge on any atom is -0.488 e. The van der Waals surface area contributed by atoms with Crippen molar-refractivity contribution < 1.29 is 27.2 Å². The van der Waals surface area contributed by atoms with Crippen LogP contribution in [0.25, 0.3) is 28.7 Å². The smallest absolute Gasteiger partial charge is 0.265 e. The highest BCUT2D eigenvalue weighted by Crippen LogP contribution is 2.42. The quantitative estimate of drug-likeness (QED) is 0.331. The highest BCUT2D eigenvalue weighted by atomic mass is 32.2. The molecule has 2 heterocycles. The molecule has 9 heteroatoms. The molecule has 0 spiro atoms. The van der Waals surface area contributed by atoms with Gasteiger partial charge in [-0.25, -0.2) is 18.1 Å². The first-order chi connectivity index (χ1) is 18.7. The summed E-state index contributed by atoms with van der Waals surface area (Å²) in [5.74, 6) is -0.0467. The number of fused-ring (bicyclic) bond motifs is 1. The van der Waals surface area contributed by atoms with Crippen molar-refractivity contribution in [1.29, 1.82) is 0 Å². The van der Waals surface area contributed by atoms with E-state index in [9.17, 15) is 18.0 Å². The van der Waals surface area contributed by atoms with E-state index in [1.807, 2.05) is 30.3 Å². The maximum Gasteiger partial charge on any atom is 0.265 e. The van der Waals surface area contributed by atoms with Crippen LogP contribution in [0, 0.1) is 0 Å². The molecule has 1 aliphatic heterocycles. The third-order valence-electron chi connectivity index (χ3n) is 7.08. The number of hydrogen-bond acceptors (Lipinski definition) is 7. The molecule has 0 atom stereocenters. The van der Waals surface area contributed by atoms with Crippen molar-refractivity contribution in [2.45, 2.75) is 24.5 Å². The van der Waals surface area contributed by atoms with E-state index in [1.165, 1.54) is 6.26 Å². The number of carbonyl (C=O) groups excluding carboxylic acids is 2. The lowest BCUT2D eigenvalue weighted by Gasteiger charge is -2.20. The molecular weight excluding hydrogens is 516 g/mol. The molecular formula is C30H24N2O6S. The minimum atomic E-state index is -3.79. The molecule has 0 radical (unpaired) electrons. The van der Waals surface area contributed by atoms with Crippen molar-refractivity contribution in [2.75, 3.05) is 6.61 Å².